The predicted octanol–water partition coefficient (Wildman–Crippen LogP) is 4.18. The molecule has 6 nitrogen and oxygen atoms in total. The molecule has 0 aliphatic carbocycles. The largest absolute Gasteiger partial charge is 0.478 e. The molecule has 1 N–H and O–H groups in total. The third kappa shape index (κ3) is 3.92. The summed E-state index contributed by atoms with van der Waals surface area (Å²) in [6.45, 7) is 1.72. The Balaban J connectivity index is 1.48. The highest BCUT2D eigenvalue weighted by molar-refractivity contribution is 6.34. The zero-order valence-corrected chi connectivity index (χ0v) is 17.3. The number of hydrogen-bond acceptors (Lipinski definition) is 3. The average molecular weight is 427 g/mol. The summed E-state index contributed by atoms with van der Waals surface area (Å²) in [7, 11) is 0. The molecule has 2 aromatic carbocycles. The van der Waals surface area contributed by atoms with Crippen LogP contribution in [0.2, 0.25) is 5.02 Å². The minimum Gasteiger partial charge on any atom is -0.478 e. The van der Waals surface area contributed by atoms with Gasteiger partial charge in [-0.3, -0.25) is 9.59 Å². The molecule has 2 aliphatic heterocycles. The van der Waals surface area contributed by atoms with Gasteiger partial charge in [-0.05, 0) is 55.0 Å². The van der Waals surface area contributed by atoms with Crippen LogP contribution in [-0.2, 0) is 4.79 Å². The van der Waals surface area contributed by atoms with Gasteiger partial charge in [0.05, 0.1) is 16.3 Å². The third-order valence-corrected chi connectivity index (χ3v) is 6.29. The molecule has 2 aromatic rings. The Morgan fingerprint density at radius 3 is 2.43 bits per heavy atom. The molecular formula is C23H23ClN2O4. The molecule has 0 bridgehead atoms. The zero-order valence-electron chi connectivity index (χ0n) is 16.5. The van der Waals surface area contributed by atoms with Crippen molar-refractivity contribution in [3.63, 3.8) is 0 Å². The first kappa shape index (κ1) is 20.4. The number of carbonyl (C=O) groups excluding carboxylic acids is 2. The molecule has 0 unspecified atom stereocenters. The first-order valence-corrected chi connectivity index (χ1v) is 10.5. The predicted molar refractivity (Wildman–Crippen MR) is 114 cm³/mol. The van der Waals surface area contributed by atoms with Crippen LogP contribution in [0, 0.1) is 0 Å². The van der Waals surface area contributed by atoms with Crippen LogP contribution >= 0.6 is 11.6 Å². The average Bonchev–Trinajstić information content (AvgIpc) is 3.19. The summed E-state index contributed by atoms with van der Waals surface area (Å²) in [6, 6.07) is 12.2. The second-order valence-electron chi connectivity index (χ2n) is 7.77. The van der Waals surface area contributed by atoms with Gasteiger partial charge in [0, 0.05) is 31.6 Å². The van der Waals surface area contributed by atoms with Crippen LogP contribution in [0.1, 0.15) is 57.9 Å². The number of carboxylic acids is 1. The van der Waals surface area contributed by atoms with Crippen LogP contribution in [0.3, 0.4) is 0 Å². The number of carbonyl (C=O) groups is 3. The number of benzene rings is 2. The quantitative estimate of drug-likeness (QED) is 0.795. The maximum Gasteiger partial charge on any atom is 0.335 e. The van der Waals surface area contributed by atoms with Crippen molar-refractivity contribution >= 4 is 35.1 Å². The van der Waals surface area contributed by atoms with Gasteiger partial charge >= 0.3 is 5.97 Å². The molecule has 2 heterocycles. The van der Waals surface area contributed by atoms with Crippen molar-refractivity contribution in [2.24, 2.45) is 0 Å². The monoisotopic (exact) mass is 426 g/mol. The van der Waals surface area contributed by atoms with E-state index in [1.807, 2.05) is 12.1 Å². The smallest absolute Gasteiger partial charge is 0.335 e. The van der Waals surface area contributed by atoms with Crippen LogP contribution in [0.5, 0.6) is 0 Å². The Kier molecular flexibility index (Phi) is 5.77. The summed E-state index contributed by atoms with van der Waals surface area (Å²) in [6.07, 6.45) is 2.71. The molecule has 30 heavy (non-hydrogen) atoms. The molecule has 4 rings (SSSR count). The number of carboxylic acid groups (broad SMARTS) is 1. The van der Waals surface area contributed by atoms with Crippen molar-refractivity contribution in [3.8, 4) is 0 Å². The Morgan fingerprint density at radius 1 is 1.03 bits per heavy atom. The van der Waals surface area contributed by atoms with Crippen LogP contribution in [-0.4, -0.2) is 47.4 Å². The zero-order chi connectivity index (χ0) is 21.3. The van der Waals surface area contributed by atoms with Crippen LogP contribution < -0.4 is 4.90 Å². The van der Waals surface area contributed by atoms with Crippen molar-refractivity contribution in [1.29, 1.82) is 0 Å². The lowest BCUT2D eigenvalue weighted by Gasteiger charge is -2.33. The van der Waals surface area contributed by atoms with Crippen LogP contribution in [0.15, 0.2) is 42.5 Å². The molecule has 0 aromatic heterocycles. The number of anilines is 1. The van der Waals surface area contributed by atoms with Gasteiger partial charge in [0.2, 0.25) is 5.91 Å². The highest BCUT2D eigenvalue weighted by atomic mass is 35.5. The molecule has 0 radical (unpaired) electrons. The second kappa shape index (κ2) is 8.48. The van der Waals surface area contributed by atoms with E-state index in [4.69, 9.17) is 11.6 Å². The van der Waals surface area contributed by atoms with Gasteiger partial charge in [-0.25, -0.2) is 4.79 Å². The number of halogens is 1. The molecule has 0 saturated carbocycles. The number of amides is 2. The summed E-state index contributed by atoms with van der Waals surface area (Å²) in [5.74, 6) is -0.873. The first-order valence-electron chi connectivity index (χ1n) is 10.2. The van der Waals surface area contributed by atoms with E-state index in [0.29, 0.717) is 60.7 Å². The van der Waals surface area contributed by atoms with E-state index in [9.17, 15) is 19.5 Å². The molecule has 0 spiro atoms. The summed E-state index contributed by atoms with van der Waals surface area (Å²) in [5.41, 5.74) is 2.27. The summed E-state index contributed by atoms with van der Waals surface area (Å²) >= 11 is 6.29. The lowest BCUT2D eigenvalue weighted by atomic mass is 9.86. The topological polar surface area (TPSA) is 77.9 Å². The van der Waals surface area contributed by atoms with E-state index >= 15 is 0 Å². The molecule has 2 amide bonds. The Morgan fingerprint density at radius 2 is 1.77 bits per heavy atom. The maximum atomic E-state index is 13.1. The van der Waals surface area contributed by atoms with Gasteiger partial charge in [-0.15, -0.1) is 0 Å². The molecule has 0 atom stereocenters. The number of likely N-dealkylation sites (tertiary alicyclic amines) is 1. The van der Waals surface area contributed by atoms with E-state index < -0.39 is 5.97 Å². The fourth-order valence-electron chi connectivity index (χ4n) is 4.38. The van der Waals surface area contributed by atoms with E-state index in [1.165, 1.54) is 0 Å². The summed E-state index contributed by atoms with van der Waals surface area (Å²) < 4.78 is 0. The van der Waals surface area contributed by atoms with Crippen LogP contribution in [0.4, 0.5) is 5.69 Å². The second-order valence-corrected chi connectivity index (χ2v) is 8.18. The van der Waals surface area contributed by atoms with E-state index in [-0.39, 0.29) is 17.7 Å². The summed E-state index contributed by atoms with van der Waals surface area (Å²) in [4.78, 5) is 40.1. The van der Waals surface area contributed by atoms with Crippen molar-refractivity contribution in [3.05, 3.63) is 64.2 Å². The molecule has 156 valence electrons. The first-order chi connectivity index (χ1) is 14.5. The highest BCUT2D eigenvalue weighted by Gasteiger charge is 2.29. The van der Waals surface area contributed by atoms with Crippen molar-refractivity contribution in [2.45, 2.75) is 31.6 Å². The van der Waals surface area contributed by atoms with Gasteiger partial charge in [-0.2, -0.15) is 0 Å². The SMILES string of the molecule is O=C(O)c1ccccc1C1CCN(C(=O)c2ccc(Cl)c(N3CCCC3=O)c2)CC1. The Hall–Kier alpha value is -2.86. The van der Waals surface area contributed by atoms with Crippen LogP contribution in [0.25, 0.3) is 0 Å². The fourth-order valence-corrected chi connectivity index (χ4v) is 4.60. The highest BCUT2D eigenvalue weighted by Crippen LogP contribution is 2.33. The number of rotatable bonds is 4. The minimum atomic E-state index is -0.922. The molecule has 2 fully saturated rings. The summed E-state index contributed by atoms with van der Waals surface area (Å²) in [5, 5.41) is 9.90. The minimum absolute atomic E-state index is 0.0272. The standard InChI is InChI=1S/C23H23ClN2O4/c24-19-8-7-16(14-20(19)26-11-3-6-21(26)27)22(28)25-12-9-15(10-13-25)17-4-1-2-5-18(17)23(29)30/h1-2,4-5,7-8,14-15H,3,6,9-13H2,(H,29,30). The lowest BCUT2D eigenvalue weighted by molar-refractivity contribution is -0.117. The molecule has 2 saturated heterocycles. The number of hydrogen-bond donors (Lipinski definition) is 1. The van der Waals surface area contributed by atoms with E-state index in [1.54, 1.807) is 40.1 Å². The molecular weight excluding hydrogens is 404 g/mol. The lowest BCUT2D eigenvalue weighted by Crippen LogP contribution is -2.38. The van der Waals surface area contributed by atoms with E-state index in [0.717, 1.165) is 12.0 Å². The maximum absolute atomic E-state index is 13.1. The van der Waals surface area contributed by atoms with Gasteiger partial charge in [-0.1, -0.05) is 29.8 Å². The Bertz CT molecular complexity index is 998. The number of aromatic carboxylic acids is 1. The number of piperidine rings is 1. The molecule has 7 heteroatoms. The van der Waals surface area contributed by atoms with Crippen molar-refractivity contribution in [1.82, 2.24) is 4.90 Å². The van der Waals surface area contributed by atoms with Gasteiger partial charge in [0.25, 0.3) is 5.91 Å². The van der Waals surface area contributed by atoms with E-state index in [2.05, 4.69) is 0 Å². The van der Waals surface area contributed by atoms with Gasteiger partial charge < -0.3 is 14.9 Å². The van der Waals surface area contributed by atoms with Crippen molar-refractivity contribution < 1.29 is 19.5 Å². The normalized spacial score (nSPS) is 17.4. The number of nitrogens with zero attached hydrogens (tertiary/aromatic N) is 2. The molecule has 2 aliphatic rings. The Labute approximate surface area is 180 Å². The fraction of sp³-hybridized carbons (Fsp3) is 0.348. The van der Waals surface area contributed by atoms with Crippen molar-refractivity contribution in [2.75, 3.05) is 24.5 Å². The van der Waals surface area contributed by atoms with Gasteiger partial charge in [0.15, 0.2) is 0 Å². The van der Waals surface area contributed by atoms with Gasteiger partial charge in [0.1, 0.15) is 0 Å². The third-order valence-electron chi connectivity index (χ3n) is 5.97.